The topological polar surface area (TPSA) is 53.1 Å². The predicted molar refractivity (Wildman–Crippen MR) is 47.9 cm³/mol. The van der Waals surface area contributed by atoms with Crippen molar-refractivity contribution in [2.45, 2.75) is 0 Å². The van der Waals surface area contributed by atoms with Gasteiger partial charge in [0.15, 0.2) is 0 Å². The van der Waals surface area contributed by atoms with Crippen LogP contribution in [0.5, 0.6) is 0 Å². The van der Waals surface area contributed by atoms with Crippen LogP contribution in [0.2, 0.25) is 0 Å². The van der Waals surface area contributed by atoms with Gasteiger partial charge in [-0.25, -0.2) is 10.4 Å². The minimum absolute atomic E-state index is 0.649. The number of aromatic nitrogens is 2. The quantitative estimate of drug-likeness (QED) is 0.641. The van der Waals surface area contributed by atoms with Crippen molar-refractivity contribution in [2.24, 2.45) is 5.10 Å². The number of nitrogens with one attached hydrogen (secondary N) is 2. The van der Waals surface area contributed by atoms with Crippen LogP contribution in [-0.2, 0) is 0 Å². The van der Waals surface area contributed by atoms with E-state index in [1.54, 1.807) is 12.4 Å². The van der Waals surface area contributed by atoms with E-state index in [1.165, 1.54) is 0 Å². The van der Waals surface area contributed by atoms with Crippen LogP contribution in [-0.4, -0.2) is 15.7 Å². The summed E-state index contributed by atoms with van der Waals surface area (Å²) >= 11 is 0. The molecule has 0 saturated heterocycles. The first-order valence-corrected chi connectivity index (χ1v) is 3.63. The van der Waals surface area contributed by atoms with Crippen molar-refractivity contribution in [2.75, 3.05) is 5.43 Å². The van der Waals surface area contributed by atoms with E-state index in [2.05, 4.69) is 20.5 Å². The van der Waals surface area contributed by atoms with Gasteiger partial charge in [0.2, 0.25) is 5.95 Å². The highest BCUT2D eigenvalue weighted by atomic mass is 15.4. The van der Waals surface area contributed by atoms with Crippen LogP contribution in [0.4, 0.5) is 5.95 Å². The zero-order chi connectivity index (χ0) is 8.23. The van der Waals surface area contributed by atoms with Gasteiger partial charge < -0.3 is 4.98 Å². The van der Waals surface area contributed by atoms with Crippen LogP contribution in [0.1, 0.15) is 0 Å². The second kappa shape index (κ2) is 3.04. The van der Waals surface area contributed by atoms with Gasteiger partial charge in [0.1, 0.15) is 0 Å². The third kappa shape index (κ3) is 1.42. The first kappa shape index (κ1) is 6.84. The molecular formula is C8H8N4. The number of hydrogen-bond acceptors (Lipinski definition) is 3. The van der Waals surface area contributed by atoms with E-state index < -0.39 is 0 Å². The lowest BCUT2D eigenvalue weighted by Crippen LogP contribution is -1.95. The van der Waals surface area contributed by atoms with Gasteiger partial charge >= 0.3 is 0 Å². The third-order valence-corrected chi connectivity index (χ3v) is 1.43. The monoisotopic (exact) mass is 160 g/mol. The number of rotatable bonds is 2. The Balaban J connectivity index is 2.02. The molecule has 0 amide bonds. The van der Waals surface area contributed by atoms with Gasteiger partial charge in [-0.2, -0.15) is 5.10 Å². The summed E-state index contributed by atoms with van der Waals surface area (Å²) in [5.74, 6) is 0.649. The second-order valence-corrected chi connectivity index (χ2v) is 2.30. The fourth-order valence-electron chi connectivity index (χ4n) is 0.882. The lowest BCUT2D eigenvalue weighted by atomic mass is 10.4. The van der Waals surface area contributed by atoms with Gasteiger partial charge in [-0.3, -0.25) is 0 Å². The molecule has 1 heterocycles. The lowest BCUT2D eigenvalue weighted by molar-refractivity contribution is 1.20. The molecular weight excluding hydrogens is 152 g/mol. The molecule has 4 heteroatoms. The van der Waals surface area contributed by atoms with E-state index in [0.29, 0.717) is 5.95 Å². The van der Waals surface area contributed by atoms with Crippen molar-refractivity contribution in [1.29, 1.82) is 0 Å². The maximum absolute atomic E-state index is 4.06. The molecule has 1 aliphatic carbocycles. The number of aromatic amines is 1. The van der Waals surface area contributed by atoms with Crippen molar-refractivity contribution in [1.82, 2.24) is 9.97 Å². The maximum atomic E-state index is 4.06. The summed E-state index contributed by atoms with van der Waals surface area (Å²) in [6, 6.07) is 0. The average Bonchev–Trinajstić information content (AvgIpc) is 2.74. The number of hydrogen-bond donors (Lipinski definition) is 2. The largest absolute Gasteiger partial charge is 0.330 e. The van der Waals surface area contributed by atoms with E-state index in [1.807, 2.05) is 24.3 Å². The molecule has 0 unspecified atom stereocenters. The Kier molecular flexibility index (Phi) is 1.74. The van der Waals surface area contributed by atoms with Crippen molar-refractivity contribution in [3.63, 3.8) is 0 Å². The molecule has 12 heavy (non-hydrogen) atoms. The normalized spacial score (nSPS) is 13.8. The Morgan fingerprint density at radius 3 is 2.83 bits per heavy atom. The number of anilines is 1. The SMILES string of the molecule is C1=CC(=NNc2ncc[nH]2)C=C1. The molecule has 0 fully saturated rings. The standard InChI is InChI=1S/C8H8N4/c1-2-4-7(3-1)11-12-8-9-5-6-10-8/h1-6H,(H2,9,10,12). The highest BCUT2D eigenvalue weighted by Gasteiger charge is 1.93. The number of hydrazone groups is 1. The fraction of sp³-hybridized carbons (Fsp3) is 0. The van der Waals surface area contributed by atoms with E-state index >= 15 is 0 Å². The Morgan fingerprint density at radius 1 is 1.33 bits per heavy atom. The highest BCUT2D eigenvalue weighted by Crippen LogP contribution is 1.98. The molecule has 0 radical (unpaired) electrons. The zero-order valence-electron chi connectivity index (χ0n) is 6.36. The van der Waals surface area contributed by atoms with E-state index in [0.717, 1.165) is 5.71 Å². The average molecular weight is 160 g/mol. The maximum Gasteiger partial charge on any atom is 0.220 e. The van der Waals surface area contributed by atoms with Crippen LogP contribution in [0, 0.1) is 0 Å². The van der Waals surface area contributed by atoms with Gasteiger partial charge in [0.05, 0.1) is 5.71 Å². The van der Waals surface area contributed by atoms with Crippen LogP contribution in [0.3, 0.4) is 0 Å². The Labute approximate surface area is 69.7 Å². The molecule has 1 aromatic heterocycles. The molecule has 60 valence electrons. The van der Waals surface area contributed by atoms with Gasteiger partial charge in [0, 0.05) is 12.4 Å². The number of imidazole rings is 1. The molecule has 0 bridgehead atoms. The van der Waals surface area contributed by atoms with Crippen LogP contribution >= 0.6 is 0 Å². The molecule has 0 atom stereocenters. The minimum Gasteiger partial charge on any atom is -0.330 e. The van der Waals surface area contributed by atoms with Crippen molar-refractivity contribution in [3.8, 4) is 0 Å². The number of H-pyrrole nitrogens is 1. The molecule has 1 aromatic rings. The zero-order valence-corrected chi connectivity index (χ0v) is 6.36. The molecule has 1 aliphatic rings. The van der Waals surface area contributed by atoms with Gasteiger partial charge in [-0.15, -0.1) is 0 Å². The first-order chi connectivity index (χ1) is 5.95. The molecule has 0 spiro atoms. The number of allylic oxidation sites excluding steroid dienone is 4. The van der Waals surface area contributed by atoms with Crippen LogP contribution in [0.25, 0.3) is 0 Å². The van der Waals surface area contributed by atoms with Gasteiger partial charge in [-0.1, -0.05) is 12.2 Å². The molecule has 2 rings (SSSR count). The van der Waals surface area contributed by atoms with Crippen LogP contribution in [0.15, 0.2) is 41.8 Å². The van der Waals surface area contributed by atoms with Crippen molar-refractivity contribution >= 4 is 11.7 Å². The van der Waals surface area contributed by atoms with Crippen molar-refractivity contribution in [3.05, 3.63) is 36.7 Å². The summed E-state index contributed by atoms with van der Waals surface area (Å²) < 4.78 is 0. The Morgan fingerprint density at radius 2 is 2.17 bits per heavy atom. The minimum atomic E-state index is 0.649. The summed E-state index contributed by atoms with van der Waals surface area (Å²) in [6.07, 6.45) is 11.1. The molecule has 4 nitrogen and oxygen atoms in total. The van der Waals surface area contributed by atoms with Crippen LogP contribution < -0.4 is 5.43 Å². The van der Waals surface area contributed by atoms with Gasteiger partial charge in [-0.05, 0) is 12.2 Å². The molecule has 0 saturated carbocycles. The molecule has 2 N–H and O–H groups in total. The third-order valence-electron chi connectivity index (χ3n) is 1.43. The summed E-state index contributed by atoms with van der Waals surface area (Å²) in [5, 5.41) is 4.06. The van der Waals surface area contributed by atoms with E-state index in [9.17, 15) is 0 Å². The van der Waals surface area contributed by atoms with Gasteiger partial charge in [0.25, 0.3) is 0 Å². The number of nitrogens with zero attached hydrogens (tertiary/aromatic N) is 2. The molecule has 0 aromatic carbocycles. The first-order valence-electron chi connectivity index (χ1n) is 3.63. The van der Waals surface area contributed by atoms with E-state index in [4.69, 9.17) is 0 Å². The Bertz CT molecular complexity index is 318. The highest BCUT2D eigenvalue weighted by molar-refractivity contribution is 6.06. The predicted octanol–water partition coefficient (Wildman–Crippen LogP) is 1.30. The summed E-state index contributed by atoms with van der Waals surface area (Å²) in [4.78, 5) is 6.84. The van der Waals surface area contributed by atoms with E-state index in [-0.39, 0.29) is 0 Å². The molecule has 0 aliphatic heterocycles. The summed E-state index contributed by atoms with van der Waals surface area (Å²) in [5.41, 5.74) is 3.68. The lowest BCUT2D eigenvalue weighted by Gasteiger charge is -1.93. The Hall–Kier alpha value is -1.84. The second-order valence-electron chi connectivity index (χ2n) is 2.30. The smallest absolute Gasteiger partial charge is 0.220 e. The summed E-state index contributed by atoms with van der Waals surface area (Å²) in [7, 11) is 0. The summed E-state index contributed by atoms with van der Waals surface area (Å²) in [6.45, 7) is 0. The van der Waals surface area contributed by atoms with Crippen molar-refractivity contribution < 1.29 is 0 Å². The fourth-order valence-corrected chi connectivity index (χ4v) is 0.882.